The highest BCUT2D eigenvalue weighted by Crippen LogP contribution is 2.37. The zero-order valence-electron chi connectivity index (χ0n) is 18.8. The molecule has 3 aliphatic heterocycles. The maximum atomic E-state index is 13.0. The number of hydrogen-bond donors (Lipinski definition) is 1. The van der Waals surface area contributed by atoms with Gasteiger partial charge in [-0.05, 0) is 66.3 Å². The van der Waals surface area contributed by atoms with E-state index in [-0.39, 0.29) is 18.2 Å². The van der Waals surface area contributed by atoms with Crippen LogP contribution in [0.4, 0.5) is 0 Å². The van der Waals surface area contributed by atoms with E-state index in [1.54, 1.807) is 4.90 Å². The number of ether oxygens (including phenoxy) is 1. The van der Waals surface area contributed by atoms with E-state index in [2.05, 4.69) is 22.5 Å². The van der Waals surface area contributed by atoms with Crippen molar-refractivity contribution in [2.75, 3.05) is 6.61 Å². The number of rotatable bonds is 3. The van der Waals surface area contributed by atoms with Gasteiger partial charge in [-0.15, -0.1) is 0 Å². The van der Waals surface area contributed by atoms with Gasteiger partial charge in [0.1, 0.15) is 11.8 Å². The number of carbonyl (C=O) groups is 3. The van der Waals surface area contributed by atoms with Gasteiger partial charge in [-0.1, -0.05) is 6.07 Å². The molecule has 0 aliphatic carbocycles. The zero-order chi connectivity index (χ0) is 23.4. The molecule has 1 N–H and O–H groups in total. The van der Waals surface area contributed by atoms with E-state index in [4.69, 9.17) is 4.74 Å². The molecule has 0 bridgehead atoms. The van der Waals surface area contributed by atoms with Gasteiger partial charge < -0.3 is 9.64 Å². The van der Waals surface area contributed by atoms with Crippen LogP contribution in [0.3, 0.4) is 0 Å². The van der Waals surface area contributed by atoms with E-state index in [1.165, 1.54) is 5.56 Å². The van der Waals surface area contributed by atoms with Crippen molar-refractivity contribution in [3.63, 3.8) is 0 Å². The summed E-state index contributed by atoms with van der Waals surface area (Å²) in [6.45, 7) is 1.10. The van der Waals surface area contributed by atoms with E-state index in [0.29, 0.717) is 18.5 Å². The number of nitrogens with zero attached hydrogens (tertiary/aromatic N) is 3. The number of aryl methyl sites for hydroxylation is 2. The van der Waals surface area contributed by atoms with Crippen LogP contribution in [-0.4, -0.2) is 45.1 Å². The molecule has 3 amide bonds. The first kappa shape index (κ1) is 20.7. The molecule has 34 heavy (non-hydrogen) atoms. The fourth-order valence-electron chi connectivity index (χ4n) is 5.24. The lowest BCUT2D eigenvalue weighted by atomic mass is 9.96. The Labute approximate surface area is 196 Å². The Morgan fingerprint density at radius 3 is 2.68 bits per heavy atom. The first-order chi connectivity index (χ1) is 16.5. The Hall–Kier alpha value is -3.94. The van der Waals surface area contributed by atoms with Crippen LogP contribution in [0.1, 0.15) is 40.7 Å². The summed E-state index contributed by atoms with van der Waals surface area (Å²) < 4.78 is 7.64. The number of imide groups is 1. The standard InChI is InChI=1S/C26H24N4O4/c1-29-24(17-5-8-22-16(12-17)3-2-10-34-22)20(13-27-29)15-4-6-19-18(11-15)14-30(26(19)33)21-7-9-23(31)28-25(21)32/h4-6,8,11-13,21H,2-3,7,9-10,14H2,1H3,(H,28,31,32). The molecule has 4 heterocycles. The summed E-state index contributed by atoms with van der Waals surface area (Å²) in [6.07, 6.45) is 4.45. The minimum Gasteiger partial charge on any atom is -0.493 e. The van der Waals surface area contributed by atoms with Gasteiger partial charge in [0.2, 0.25) is 11.8 Å². The predicted molar refractivity (Wildman–Crippen MR) is 124 cm³/mol. The van der Waals surface area contributed by atoms with Crippen molar-refractivity contribution in [1.29, 1.82) is 0 Å². The average molecular weight is 457 g/mol. The molecule has 1 unspecified atom stereocenters. The van der Waals surface area contributed by atoms with E-state index in [0.717, 1.165) is 53.1 Å². The SMILES string of the molecule is Cn1ncc(-c2ccc3c(c2)CN(C2CCC(=O)NC2=O)C3=O)c1-c1ccc2c(c1)CCCO2. The fourth-order valence-corrected chi connectivity index (χ4v) is 5.24. The van der Waals surface area contributed by atoms with Gasteiger partial charge in [0.15, 0.2) is 0 Å². The van der Waals surface area contributed by atoms with Crippen LogP contribution in [-0.2, 0) is 29.6 Å². The van der Waals surface area contributed by atoms with Gasteiger partial charge >= 0.3 is 0 Å². The summed E-state index contributed by atoms with van der Waals surface area (Å²) in [6, 6.07) is 11.4. The number of amides is 3. The second-order valence-corrected chi connectivity index (χ2v) is 9.08. The highest BCUT2D eigenvalue weighted by atomic mass is 16.5. The first-order valence-electron chi connectivity index (χ1n) is 11.6. The summed E-state index contributed by atoms with van der Waals surface area (Å²) in [5.74, 6) is 0.0922. The van der Waals surface area contributed by atoms with Crippen LogP contribution in [0.15, 0.2) is 42.6 Å². The van der Waals surface area contributed by atoms with Gasteiger partial charge in [0, 0.05) is 36.7 Å². The number of hydrogen-bond acceptors (Lipinski definition) is 5. The predicted octanol–water partition coefficient (Wildman–Crippen LogP) is 2.84. The minimum absolute atomic E-state index is 0.169. The van der Waals surface area contributed by atoms with Crippen molar-refractivity contribution in [1.82, 2.24) is 20.0 Å². The quantitative estimate of drug-likeness (QED) is 0.612. The number of piperidine rings is 1. The lowest BCUT2D eigenvalue weighted by molar-refractivity contribution is -0.136. The Balaban J connectivity index is 1.34. The summed E-state index contributed by atoms with van der Waals surface area (Å²) in [7, 11) is 1.93. The van der Waals surface area contributed by atoms with Gasteiger partial charge in [-0.2, -0.15) is 5.10 Å². The number of carbonyl (C=O) groups excluding carboxylic acids is 3. The minimum atomic E-state index is -0.618. The molecule has 3 aromatic rings. The van der Waals surface area contributed by atoms with Crippen LogP contribution in [0.25, 0.3) is 22.4 Å². The summed E-state index contributed by atoms with van der Waals surface area (Å²) in [5.41, 5.74) is 6.70. The Kier molecular flexibility index (Phi) is 4.76. The first-order valence-corrected chi connectivity index (χ1v) is 11.6. The third kappa shape index (κ3) is 3.29. The maximum Gasteiger partial charge on any atom is 0.255 e. The molecule has 6 rings (SSSR count). The molecule has 8 nitrogen and oxygen atoms in total. The second kappa shape index (κ2) is 7.83. The zero-order valence-corrected chi connectivity index (χ0v) is 18.8. The largest absolute Gasteiger partial charge is 0.493 e. The highest BCUT2D eigenvalue weighted by molar-refractivity contribution is 6.05. The monoisotopic (exact) mass is 456 g/mol. The van der Waals surface area contributed by atoms with Crippen LogP contribution in [0, 0.1) is 0 Å². The molecule has 2 aromatic carbocycles. The maximum absolute atomic E-state index is 13.0. The molecular formula is C26H24N4O4. The number of nitrogens with one attached hydrogen (secondary N) is 1. The Morgan fingerprint density at radius 1 is 1.00 bits per heavy atom. The van der Waals surface area contributed by atoms with E-state index in [1.807, 2.05) is 42.2 Å². The number of benzene rings is 2. The van der Waals surface area contributed by atoms with Crippen molar-refractivity contribution >= 4 is 17.7 Å². The van der Waals surface area contributed by atoms with Gasteiger partial charge in [-0.25, -0.2) is 0 Å². The highest BCUT2D eigenvalue weighted by Gasteiger charge is 2.39. The van der Waals surface area contributed by atoms with Gasteiger partial charge in [0.05, 0.1) is 18.5 Å². The fraction of sp³-hybridized carbons (Fsp3) is 0.308. The molecular weight excluding hydrogens is 432 g/mol. The summed E-state index contributed by atoms with van der Waals surface area (Å²) >= 11 is 0. The normalized spacial score (nSPS) is 19.5. The van der Waals surface area contributed by atoms with Crippen molar-refractivity contribution in [3.8, 4) is 28.1 Å². The van der Waals surface area contributed by atoms with E-state index >= 15 is 0 Å². The second-order valence-electron chi connectivity index (χ2n) is 9.08. The molecule has 172 valence electrons. The Morgan fingerprint density at radius 2 is 1.82 bits per heavy atom. The molecule has 0 spiro atoms. The van der Waals surface area contributed by atoms with Gasteiger partial charge in [0.25, 0.3) is 5.91 Å². The lowest BCUT2D eigenvalue weighted by Gasteiger charge is -2.29. The van der Waals surface area contributed by atoms with Crippen molar-refractivity contribution in [2.24, 2.45) is 7.05 Å². The van der Waals surface area contributed by atoms with Crippen LogP contribution in [0.5, 0.6) is 5.75 Å². The van der Waals surface area contributed by atoms with Crippen LogP contribution in [0.2, 0.25) is 0 Å². The number of aromatic nitrogens is 2. The van der Waals surface area contributed by atoms with Crippen LogP contribution < -0.4 is 10.1 Å². The van der Waals surface area contributed by atoms with Crippen molar-refractivity contribution in [2.45, 2.75) is 38.3 Å². The Bertz CT molecular complexity index is 1360. The summed E-state index contributed by atoms with van der Waals surface area (Å²) in [5, 5.41) is 6.87. The van der Waals surface area contributed by atoms with E-state index in [9.17, 15) is 14.4 Å². The summed E-state index contributed by atoms with van der Waals surface area (Å²) in [4.78, 5) is 38.5. The smallest absolute Gasteiger partial charge is 0.255 e. The molecule has 0 radical (unpaired) electrons. The van der Waals surface area contributed by atoms with Crippen molar-refractivity contribution < 1.29 is 19.1 Å². The molecule has 3 aliphatic rings. The van der Waals surface area contributed by atoms with Crippen LogP contribution >= 0.6 is 0 Å². The number of fused-ring (bicyclic) bond motifs is 2. The van der Waals surface area contributed by atoms with Crippen molar-refractivity contribution in [3.05, 3.63) is 59.3 Å². The van der Waals surface area contributed by atoms with E-state index < -0.39 is 11.9 Å². The topological polar surface area (TPSA) is 93.5 Å². The third-order valence-electron chi connectivity index (χ3n) is 6.96. The third-order valence-corrected chi connectivity index (χ3v) is 6.96. The molecule has 1 aromatic heterocycles. The lowest BCUT2D eigenvalue weighted by Crippen LogP contribution is -2.52. The average Bonchev–Trinajstić information content (AvgIpc) is 3.38. The molecule has 8 heteroatoms. The molecule has 1 atom stereocenters. The van der Waals surface area contributed by atoms with Gasteiger partial charge in [-0.3, -0.25) is 24.4 Å². The molecule has 1 fully saturated rings. The molecule has 1 saturated heterocycles. The molecule has 0 saturated carbocycles.